The summed E-state index contributed by atoms with van der Waals surface area (Å²) < 4.78 is 0. The van der Waals surface area contributed by atoms with Crippen molar-refractivity contribution in [1.29, 1.82) is 0 Å². The first-order chi connectivity index (χ1) is 42.7. The summed E-state index contributed by atoms with van der Waals surface area (Å²) in [5.41, 5.74) is 18.2. The summed E-state index contributed by atoms with van der Waals surface area (Å²) in [5.74, 6) is 2.64. The fourth-order valence-electron chi connectivity index (χ4n) is 11.5. The second-order valence-corrected chi connectivity index (χ2v) is 20.9. The van der Waals surface area contributed by atoms with Gasteiger partial charge in [0.05, 0.1) is 56.8 Å². The standard InChI is InChI=1S/C77H51N9/c1-9-29-52(30-10-1)60-49-69(85-65-45-25-27-47-67(65)86(68-48-28-26-46-66(68)85)77-83-73(58-41-21-7-22-42-58)82-74(84-77)59-43-23-8-24-44-59)72(76-80-63(55-35-15-4-16-36-55)51-64(81-76)56-37-17-5-18-38-56)70(57-39-19-6-20-40-57)71(60)75-78-61(53-31-11-2-12-32-53)50-62(79-75)54-33-13-3-14-34-54/h1-51H. The van der Waals surface area contributed by atoms with Gasteiger partial charge in [-0.05, 0) is 59.2 Å². The van der Waals surface area contributed by atoms with Crippen LogP contribution in [0.2, 0.25) is 0 Å². The second-order valence-electron chi connectivity index (χ2n) is 20.9. The second kappa shape index (κ2) is 22.5. The maximum Gasteiger partial charge on any atom is 0.238 e. The molecule has 15 rings (SSSR count). The average Bonchev–Trinajstić information content (AvgIpc) is 0.902. The van der Waals surface area contributed by atoms with Crippen LogP contribution in [0.25, 0.3) is 113 Å². The molecule has 0 amide bonds. The van der Waals surface area contributed by atoms with Crippen molar-refractivity contribution in [3.8, 4) is 113 Å². The van der Waals surface area contributed by atoms with Gasteiger partial charge in [-0.3, -0.25) is 4.90 Å². The molecule has 0 fully saturated rings. The Morgan fingerprint density at radius 3 is 0.837 bits per heavy atom. The van der Waals surface area contributed by atoms with E-state index in [0.717, 1.165) is 118 Å². The number of benzene rings is 11. The van der Waals surface area contributed by atoms with Crippen molar-refractivity contribution in [3.05, 3.63) is 309 Å². The van der Waals surface area contributed by atoms with Crippen LogP contribution >= 0.6 is 0 Å². The molecule has 4 heterocycles. The van der Waals surface area contributed by atoms with E-state index in [1.165, 1.54) is 0 Å². The van der Waals surface area contributed by atoms with Crippen molar-refractivity contribution in [1.82, 2.24) is 34.9 Å². The van der Waals surface area contributed by atoms with E-state index < -0.39 is 0 Å². The number of fused-ring (bicyclic) bond motifs is 2. The molecule has 0 atom stereocenters. The predicted molar refractivity (Wildman–Crippen MR) is 348 cm³/mol. The van der Waals surface area contributed by atoms with Gasteiger partial charge in [0.25, 0.3) is 0 Å². The minimum atomic E-state index is 0.471. The molecule has 0 N–H and O–H groups in total. The number of para-hydroxylation sites is 4. The Morgan fingerprint density at radius 2 is 0.477 bits per heavy atom. The molecule has 1 aliphatic rings. The average molecular weight is 1100 g/mol. The topological polar surface area (TPSA) is 96.7 Å². The van der Waals surface area contributed by atoms with Gasteiger partial charge >= 0.3 is 0 Å². The van der Waals surface area contributed by atoms with E-state index in [1.807, 2.05) is 84.9 Å². The molecule has 0 radical (unpaired) electrons. The van der Waals surface area contributed by atoms with Gasteiger partial charge in [-0.2, -0.15) is 9.97 Å². The van der Waals surface area contributed by atoms with Crippen LogP contribution in [0, 0.1) is 0 Å². The SMILES string of the molecule is c1ccc(-c2cc(-c3ccccc3)nc(-c3c(-c4ccccc4)cc(N4c5ccccc5N(c5nc(-c6ccccc6)nc(-c6ccccc6)n5)c5ccccc54)c(-c4nc(-c5ccccc5)cc(-c5ccccc5)n4)c3-c3ccccc3)n2)cc1. The summed E-state index contributed by atoms with van der Waals surface area (Å²) in [4.78, 5) is 43.2. The summed E-state index contributed by atoms with van der Waals surface area (Å²) in [6, 6.07) is 106. The van der Waals surface area contributed by atoms with Gasteiger partial charge in [0, 0.05) is 44.5 Å². The lowest BCUT2D eigenvalue weighted by molar-refractivity contribution is 1.01. The van der Waals surface area contributed by atoms with Crippen LogP contribution in [-0.2, 0) is 0 Å². The van der Waals surface area contributed by atoms with E-state index in [-0.39, 0.29) is 0 Å². The lowest BCUT2D eigenvalue weighted by atomic mass is 9.85. The molecule has 1 aliphatic heterocycles. The molecule has 0 saturated carbocycles. The van der Waals surface area contributed by atoms with Crippen molar-refractivity contribution in [3.63, 3.8) is 0 Å². The van der Waals surface area contributed by atoms with Gasteiger partial charge < -0.3 is 4.90 Å². The minimum Gasteiger partial charge on any atom is -0.305 e. The summed E-state index contributed by atoms with van der Waals surface area (Å²) in [6.45, 7) is 0. The first-order valence-electron chi connectivity index (χ1n) is 28.6. The first kappa shape index (κ1) is 51.1. The highest BCUT2D eigenvalue weighted by Gasteiger charge is 2.37. The summed E-state index contributed by atoms with van der Waals surface area (Å²) in [7, 11) is 0. The highest BCUT2D eigenvalue weighted by molar-refractivity contribution is 6.10. The van der Waals surface area contributed by atoms with Crippen LogP contribution in [0.1, 0.15) is 0 Å². The monoisotopic (exact) mass is 1100 g/mol. The maximum atomic E-state index is 5.74. The van der Waals surface area contributed by atoms with Crippen molar-refractivity contribution < 1.29 is 0 Å². The van der Waals surface area contributed by atoms with Crippen LogP contribution < -0.4 is 9.80 Å². The number of hydrogen-bond acceptors (Lipinski definition) is 9. The molecule has 9 heteroatoms. The van der Waals surface area contributed by atoms with Crippen LogP contribution in [0.5, 0.6) is 0 Å². The van der Waals surface area contributed by atoms with Crippen molar-refractivity contribution in [2.75, 3.05) is 9.80 Å². The Balaban J connectivity index is 1.09. The number of aromatic nitrogens is 7. The van der Waals surface area contributed by atoms with Crippen molar-refractivity contribution >= 4 is 34.4 Å². The van der Waals surface area contributed by atoms with E-state index in [2.05, 4.69) is 234 Å². The van der Waals surface area contributed by atoms with Gasteiger partial charge in [0.15, 0.2) is 23.3 Å². The van der Waals surface area contributed by atoms with Crippen LogP contribution in [0.3, 0.4) is 0 Å². The van der Waals surface area contributed by atoms with Crippen LogP contribution in [0.15, 0.2) is 309 Å². The molecule has 14 aromatic rings. The zero-order valence-electron chi connectivity index (χ0n) is 46.5. The van der Waals surface area contributed by atoms with Crippen LogP contribution in [-0.4, -0.2) is 34.9 Å². The Hall–Kier alpha value is -11.8. The third kappa shape index (κ3) is 9.70. The number of hydrogen-bond donors (Lipinski definition) is 0. The molecule has 86 heavy (non-hydrogen) atoms. The highest BCUT2D eigenvalue weighted by atomic mass is 15.3. The molecule has 11 aromatic carbocycles. The number of nitrogens with zero attached hydrogens (tertiary/aromatic N) is 9. The smallest absolute Gasteiger partial charge is 0.238 e. The summed E-state index contributed by atoms with van der Waals surface area (Å²) in [6.07, 6.45) is 0. The number of anilines is 6. The number of rotatable bonds is 12. The van der Waals surface area contributed by atoms with Gasteiger partial charge in [-0.15, -0.1) is 0 Å². The van der Waals surface area contributed by atoms with Gasteiger partial charge in [-0.25, -0.2) is 24.9 Å². The van der Waals surface area contributed by atoms with E-state index in [4.69, 9.17) is 34.9 Å². The molecule has 0 unspecified atom stereocenters. The molecule has 0 spiro atoms. The third-order valence-corrected chi connectivity index (χ3v) is 15.5. The molecule has 404 valence electrons. The molecular weight excluding hydrogens is 1050 g/mol. The van der Waals surface area contributed by atoms with Gasteiger partial charge in [-0.1, -0.05) is 267 Å². The quantitative estimate of drug-likeness (QED) is 0.118. The molecule has 3 aromatic heterocycles. The van der Waals surface area contributed by atoms with E-state index in [0.29, 0.717) is 29.2 Å². The van der Waals surface area contributed by atoms with Crippen LogP contribution in [0.4, 0.5) is 34.4 Å². The fraction of sp³-hybridized carbons (Fsp3) is 0. The predicted octanol–water partition coefficient (Wildman–Crippen LogP) is 19.4. The Morgan fingerprint density at radius 1 is 0.186 bits per heavy atom. The largest absolute Gasteiger partial charge is 0.305 e. The maximum absolute atomic E-state index is 5.74. The molecule has 9 nitrogen and oxygen atoms in total. The molecule has 0 bridgehead atoms. The Labute approximate surface area is 498 Å². The Bertz CT molecular complexity index is 4510. The Kier molecular flexibility index (Phi) is 13.4. The van der Waals surface area contributed by atoms with E-state index in [9.17, 15) is 0 Å². The molecule has 0 aliphatic carbocycles. The minimum absolute atomic E-state index is 0.471. The van der Waals surface area contributed by atoms with Gasteiger partial charge in [0.2, 0.25) is 5.95 Å². The highest BCUT2D eigenvalue weighted by Crippen LogP contribution is 2.58. The first-order valence-corrected chi connectivity index (χ1v) is 28.6. The zero-order chi connectivity index (χ0) is 57.2. The molecule has 0 saturated heterocycles. The lowest BCUT2D eigenvalue weighted by Crippen LogP contribution is -2.26. The van der Waals surface area contributed by atoms with E-state index >= 15 is 0 Å². The lowest BCUT2D eigenvalue weighted by Gasteiger charge is -2.40. The van der Waals surface area contributed by atoms with Gasteiger partial charge in [0.1, 0.15) is 0 Å². The zero-order valence-corrected chi connectivity index (χ0v) is 46.5. The molecular formula is C77H51N9. The summed E-state index contributed by atoms with van der Waals surface area (Å²) >= 11 is 0. The third-order valence-electron chi connectivity index (χ3n) is 15.5. The van der Waals surface area contributed by atoms with E-state index in [1.54, 1.807) is 0 Å². The van der Waals surface area contributed by atoms with Crippen molar-refractivity contribution in [2.45, 2.75) is 0 Å². The summed E-state index contributed by atoms with van der Waals surface area (Å²) in [5, 5.41) is 0. The normalized spacial score (nSPS) is 11.7. The van der Waals surface area contributed by atoms with Crippen molar-refractivity contribution in [2.24, 2.45) is 0 Å². The fourth-order valence-corrected chi connectivity index (χ4v) is 11.5.